The number of pyridine rings is 1. The maximum atomic E-state index is 12.9. The summed E-state index contributed by atoms with van der Waals surface area (Å²) >= 11 is 5.48. The fourth-order valence-corrected chi connectivity index (χ4v) is 1.96. The average Bonchev–Trinajstić information content (AvgIpc) is 2.36. The van der Waals surface area contributed by atoms with Crippen molar-refractivity contribution in [3.05, 3.63) is 52.7 Å². The number of aromatic nitrogens is 1. The second kappa shape index (κ2) is 5.22. The van der Waals surface area contributed by atoms with Crippen LogP contribution in [0.4, 0.5) is 26.3 Å². The summed E-state index contributed by atoms with van der Waals surface area (Å²) in [6.07, 6.45) is -9.44. The van der Waals surface area contributed by atoms with Gasteiger partial charge in [0.05, 0.1) is 16.8 Å². The zero-order valence-electron chi connectivity index (χ0n) is 10.1. The first-order valence-electron chi connectivity index (χ1n) is 5.50. The molecule has 0 aliphatic heterocycles. The van der Waals surface area contributed by atoms with Gasteiger partial charge in [-0.2, -0.15) is 26.3 Å². The number of rotatable bonds is 1. The highest BCUT2D eigenvalue weighted by atomic mass is 35.5. The van der Waals surface area contributed by atoms with Crippen molar-refractivity contribution in [1.29, 1.82) is 0 Å². The van der Waals surface area contributed by atoms with Gasteiger partial charge in [-0.1, -0.05) is 29.8 Å². The molecule has 0 aliphatic carbocycles. The van der Waals surface area contributed by atoms with Crippen molar-refractivity contribution >= 4 is 11.6 Å². The predicted molar refractivity (Wildman–Crippen MR) is 64.7 cm³/mol. The molecule has 2 rings (SSSR count). The molecule has 0 saturated heterocycles. The Kier molecular flexibility index (Phi) is 3.88. The molecule has 0 N–H and O–H groups in total. The molecule has 8 heteroatoms. The first kappa shape index (κ1) is 15.6. The summed E-state index contributed by atoms with van der Waals surface area (Å²) in [4.78, 5) is 3.56. The van der Waals surface area contributed by atoms with E-state index in [2.05, 4.69) is 4.98 Å². The second-order valence-electron chi connectivity index (χ2n) is 4.10. The van der Waals surface area contributed by atoms with Gasteiger partial charge in [0.2, 0.25) is 0 Å². The molecule has 1 heterocycles. The lowest BCUT2D eigenvalue weighted by Crippen LogP contribution is -2.09. The molecule has 21 heavy (non-hydrogen) atoms. The maximum absolute atomic E-state index is 12.9. The summed E-state index contributed by atoms with van der Waals surface area (Å²) in [5, 5.41) is -0.531. The van der Waals surface area contributed by atoms with E-state index >= 15 is 0 Å². The second-order valence-corrected chi connectivity index (χ2v) is 4.49. The van der Waals surface area contributed by atoms with Crippen LogP contribution in [0.1, 0.15) is 11.1 Å². The number of benzene rings is 1. The lowest BCUT2D eigenvalue weighted by Gasteiger charge is -2.14. The molecule has 0 atom stereocenters. The molecular weight excluding hydrogens is 320 g/mol. The molecule has 0 radical (unpaired) electrons. The van der Waals surface area contributed by atoms with Crippen LogP contribution < -0.4 is 0 Å². The molecule has 2 aromatic rings. The smallest absolute Gasteiger partial charge is 0.236 e. The monoisotopic (exact) mass is 325 g/mol. The van der Waals surface area contributed by atoms with Crippen LogP contribution in [0.3, 0.4) is 0 Å². The Morgan fingerprint density at radius 1 is 0.857 bits per heavy atom. The van der Waals surface area contributed by atoms with Crippen LogP contribution in [0.15, 0.2) is 36.4 Å². The van der Waals surface area contributed by atoms with Crippen molar-refractivity contribution in [2.24, 2.45) is 0 Å². The first-order chi connectivity index (χ1) is 9.59. The van der Waals surface area contributed by atoms with Gasteiger partial charge in [0.1, 0.15) is 5.15 Å². The molecule has 0 fully saturated rings. The average molecular weight is 326 g/mol. The highest BCUT2D eigenvalue weighted by molar-refractivity contribution is 6.29. The molecule has 1 nitrogen and oxygen atoms in total. The van der Waals surface area contributed by atoms with Gasteiger partial charge in [-0.25, -0.2) is 4.98 Å². The van der Waals surface area contributed by atoms with E-state index in [1.807, 2.05) is 0 Å². The fraction of sp³-hybridized carbons (Fsp3) is 0.154. The van der Waals surface area contributed by atoms with E-state index in [0.717, 1.165) is 18.2 Å². The molecule has 0 saturated carbocycles. The quantitative estimate of drug-likeness (QED) is 0.502. The lowest BCUT2D eigenvalue weighted by atomic mass is 10.0. The van der Waals surface area contributed by atoms with Crippen LogP contribution in [0.5, 0.6) is 0 Å². The van der Waals surface area contributed by atoms with Crippen LogP contribution >= 0.6 is 11.6 Å². The predicted octanol–water partition coefficient (Wildman–Crippen LogP) is 5.44. The van der Waals surface area contributed by atoms with E-state index in [0.29, 0.717) is 12.1 Å². The highest BCUT2D eigenvalue weighted by Gasteiger charge is 2.35. The van der Waals surface area contributed by atoms with Crippen LogP contribution in [0, 0.1) is 0 Å². The first-order valence-corrected chi connectivity index (χ1v) is 5.88. The Bertz CT molecular complexity index is 662. The molecule has 0 spiro atoms. The van der Waals surface area contributed by atoms with Gasteiger partial charge in [0, 0.05) is 5.56 Å². The summed E-state index contributed by atoms with van der Waals surface area (Å²) < 4.78 is 76.7. The number of nitrogens with zero attached hydrogens (tertiary/aromatic N) is 1. The Hall–Kier alpha value is -1.76. The lowest BCUT2D eigenvalue weighted by molar-refractivity contribution is -0.137. The zero-order valence-corrected chi connectivity index (χ0v) is 10.8. The Morgan fingerprint density at radius 3 is 2.05 bits per heavy atom. The summed E-state index contributed by atoms with van der Waals surface area (Å²) in [7, 11) is 0. The minimum atomic E-state index is -4.73. The molecule has 1 aromatic heterocycles. The van der Waals surface area contributed by atoms with Crippen LogP contribution in [-0.2, 0) is 12.4 Å². The highest BCUT2D eigenvalue weighted by Crippen LogP contribution is 2.38. The SMILES string of the molecule is FC(F)(F)c1cc(Cl)nc(-c2ccccc2C(F)(F)F)c1. The third kappa shape index (κ3) is 3.47. The molecular formula is C13H6ClF6N. The fourth-order valence-electron chi connectivity index (χ4n) is 1.75. The van der Waals surface area contributed by atoms with Crippen LogP contribution in [-0.4, -0.2) is 4.98 Å². The van der Waals surface area contributed by atoms with Crippen molar-refractivity contribution in [2.75, 3.05) is 0 Å². The molecule has 0 unspecified atom stereocenters. The summed E-state index contributed by atoms with van der Waals surface area (Å²) in [5.74, 6) is 0. The number of alkyl halides is 6. The molecule has 0 aliphatic rings. The van der Waals surface area contributed by atoms with Gasteiger partial charge in [-0.3, -0.25) is 0 Å². The van der Waals surface area contributed by atoms with Crippen molar-refractivity contribution in [1.82, 2.24) is 4.98 Å². The van der Waals surface area contributed by atoms with Gasteiger partial charge in [-0.15, -0.1) is 0 Å². The zero-order chi connectivity index (χ0) is 15.8. The van der Waals surface area contributed by atoms with Crippen molar-refractivity contribution in [3.8, 4) is 11.3 Å². The van der Waals surface area contributed by atoms with Gasteiger partial charge in [0.25, 0.3) is 0 Å². The molecule has 0 bridgehead atoms. The third-order valence-corrected chi connectivity index (χ3v) is 2.82. The van der Waals surface area contributed by atoms with Gasteiger partial charge in [0.15, 0.2) is 0 Å². The standard InChI is InChI=1S/C13H6ClF6N/c14-11-6-7(12(15,16)17)5-10(21-11)8-3-1-2-4-9(8)13(18,19)20/h1-6H. The van der Waals surface area contributed by atoms with E-state index in [-0.39, 0.29) is 0 Å². The Labute approximate surface area is 120 Å². The number of halogens is 7. The Balaban J connectivity index is 2.66. The Morgan fingerprint density at radius 2 is 1.48 bits per heavy atom. The molecule has 1 aromatic carbocycles. The topological polar surface area (TPSA) is 12.9 Å². The van der Waals surface area contributed by atoms with Crippen molar-refractivity contribution < 1.29 is 26.3 Å². The van der Waals surface area contributed by atoms with Crippen LogP contribution in [0.2, 0.25) is 5.15 Å². The van der Waals surface area contributed by atoms with E-state index in [9.17, 15) is 26.3 Å². The minimum absolute atomic E-state index is 0.460. The van der Waals surface area contributed by atoms with Gasteiger partial charge in [-0.05, 0) is 18.2 Å². The number of hydrogen-bond acceptors (Lipinski definition) is 1. The molecule has 0 amide bonds. The summed E-state index contributed by atoms with van der Waals surface area (Å²) in [6, 6.07) is 5.33. The maximum Gasteiger partial charge on any atom is 0.417 e. The van der Waals surface area contributed by atoms with Crippen LogP contribution in [0.25, 0.3) is 11.3 Å². The third-order valence-electron chi connectivity index (χ3n) is 2.63. The van der Waals surface area contributed by atoms with E-state index < -0.39 is 39.9 Å². The summed E-state index contributed by atoms with van der Waals surface area (Å²) in [6.45, 7) is 0. The number of hydrogen-bond donors (Lipinski definition) is 0. The van der Waals surface area contributed by atoms with E-state index in [1.165, 1.54) is 6.07 Å². The normalized spacial score (nSPS) is 12.5. The van der Waals surface area contributed by atoms with E-state index in [1.54, 1.807) is 0 Å². The molecule has 112 valence electrons. The summed E-state index contributed by atoms with van der Waals surface area (Å²) in [5.41, 5.74) is -3.18. The minimum Gasteiger partial charge on any atom is -0.236 e. The van der Waals surface area contributed by atoms with Crippen molar-refractivity contribution in [2.45, 2.75) is 12.4 Å². The van der Waals surface area contributed by atoms with Gasteiger partial charge < -0.3 is 0 Å². The van der Waals surface area contributed by atoms with Crippen molar-refractivity contribution in [3.63, 3.8) is 0 Å². The largest absolute Gasteiger partial charge is 0.417 e. The van der Waals surface area contributed by atoms with E-state index in [4.69, 9.17) is 11.6 Å². The van der Waals surface area contributed by atoms with Gasteiger partial charge >= 0.3 is 12.4 Å².